The Morgan fingerprint density at radius 3 is 2.43 bits per heavy atom. The van der Waals surface area contributed by atoms with E-state index in [2.05, 4.69) is 9.88 Å². The van der Waals surface area contributed by atoms with E-state index >= 15 is 0 Å². The van der Waals surface area contributed by atoms with Crippen LogP contribution in [0.25, 0.3) is 10.2 Å². The second kappa shape index (κ2) is 10.4. The summed E-state index contributed by atoms with van der Waals surface area (Å²) in [6.45, 7) is 3.74. The smallest absolute Gasteiger partial charge is 0.266 e. The fourth-order valence-electron chi connectivity index (χ4n) is 2.90. The van der Waals surface area contributed by atoms with E-state index in [1.807, 2.05) is 21.0 Å². The molecule has 0 unspecified atom stereocenters. The summed E-state index contributed by atoms with van der Waals surface area (Å²) in [5.41, 5.74) is 0.675. The molecule has 1 aromatic heterocycles. The molecule has 8 heteroatoms. The molecule has 3 aromatic rings. The summed E-state index contributed by atoms with van der Waals surface area (Å²) in [7, 11) is 3.98. The lowest BCUT2D eigenvalue weighted by molar-refractivity contribution is -0.120. The normalized spacial score (nSPS) is 11.1. The predicted octanol–water partition coefficient (Wildman–Crippen LogP) is 4.20. The number of nitrogens with zero attached hydrogens (tertiary/aromatic N) is 3. The third kappa shape index (κ3) is 5.90. The standard InChI is InChI=1S/C22H26FN3O3S/c1-4-28-17-7-9-18(10-8-17)29-15-21(27)26(13-5-12-25(2)3)22-24-19-11-6-16(23)14-20(19)30-22/h6-11,14H,4-5,12-13,15H2,1-3H3. The maximum absolute atomic E-state index is 13.5. The molecule has 0 saturated heterocycles. The fraction of sp³-hybridized carbons (Fsp3) is 0.364. The Morgan fingerprint density at radius 2 is 1.77 bits per heavy atom. The van der Waals surface area contributed by atoms with Crippen LogP contribution in [0.15, 0.2) is 42.5 Å². The van der Waals surface area contributed by atoms with Gasteiger partial charge in [-0.1, -0.05) is 11.3 Å². The number of ether oxygens (including phenoxy) is 2. The van der Waals surface area contributed by atoms with Gasteiger partial charge in [0.25, 0.3) is 5.91 Å². The molecule has 1 heterocycles. The maximum atomic E-state index is 13.5. The van der Waals surface area contributed by atoms with Crippen LogP contribution in [-0.2, 0) is 4.79 Å². The SMILES string of the molecule is CCOc1ccc(OCC(=O)N(CCCN(C)C)c2nc3ccc(F)cc3s2)cc1. The summed E-state index contributed by atoms with van der Waals surface area (Å²) in [4.78, 5) is 21.2. The first-order valence-electron chi connectivity index (χ1n) is 9.83. The molecule has 0 bridgehead atoms. The van der Waals surface area contributed by atoms with Crippen LogP contribution in [0.4, 0.5) is 9.52 Å². The average Bonchev–Trinajstić information content (AvgIpc) is 3.13. The molecule has 0 saturated carbocycles. The van der Waals surface area contributed by atoms with Crippen LogP contribution in [0.5, 0.6) is 11.5 Å². The molecule has 2 aromatic carbocycles. The first-order valence-corrected chi connectivity index (χ1v) is 10.6. The predicted molar refractivity (Wildman–Crippen MR) is 118 cm³/mol. The number of rotatable bonds is 10. The van der Waals surface area contributed by atoms with Gasteiger partial charge >= 0.3 is 0 Å². The van der Waals surface area contributed by atoms with Gasteiger partial charge in [0.1, 0.15) is 17.3 Å². The molecule has 0 N–H and O–H groups in total. The highest BCUT2D eigenvalue weighted by Gasteiger charge is 2.20. The zero-order chi connectivity index (χ0) is 21.5. The molecule has 0 radical (unpaired) electrons. The van der Waals surface area contributed by atoms with Crippen LogP contribution < -0.4 is 14.4 Å². The van der Waals surface area contributed by atoms with Gasteiger partial charge in [0.15, 0.2) is 11.7 Å². The number of carbonyl (C=O) groups is 1. The van der Waals surface area contributed by atoms with Crippen molar-refractivity contribution in [2.75, 3.05) is 45.3 Å². The van der Waals surface area contributed by atoms with Gasteiger partial charge in [-0.25, -0.2) is 9.37 Å². The maximum Gasteiger partial charge on any atom is 0.266 e. The van der Waals surface area contributed by atoms with E-state index in [0.717, 1.165) is 18.7 Å². The fourth-order valence-corrected chi connectivity index (χ4v) is 3.93. The van der Waals surface area contributed by atoms with Crippen molar-refractivity contribution < 1.29 is 18.7 Å². The number of hydrogen-bond acceptors (Lipinski definition) is 6. The van der Waals surface area contributed by atoms with E-state index in [0.29, 0.717) is 34.2 Å². The topological polar surface area (TPSA) is 54.9 Å². The number of fused-ring (bicyclic) bond motifs is 1. The minimum absolute atomic E-state index is 0.111. The third-order valence-corrected chi connectivity index (χ3v) is 5.40. The summed E-state index contributed by atoms with van der Waals surface area (Å²) in [5, 5.41) is 0.551. The highest BCUT2D eigenvalue weighted by Crippen LogP contribution is 2.29. The highest BCUT2D eigenvalue weighted by molar-refractivity contribution is 7.22. The second-order valence-corrected chi connectivity index (χ2v) is 8.01. The summed E-state index contributed by atoms with van der Waals surface area (Å²) in [5.74, 6) is 0.832. The minimum atomic E-state index is -0.318. The lowest BCUT2D eigenvalue weighted by Crippen LogP contribution is -2.36. The Balaban J connectivity index is 1.72. The van der Waals surface area contributed by atoms with Gasteiger partial charge in [0.05, 0.1) is 16.8 Å². The van der Waals surface area contributed by atoms with E-state index in [9.17, 15) is 9.18 Å². The molecule has 0 aliphatic rings. The summed E-state index contributed by atoms with van der Waals surface area (Å²) in [6, 6.07) is 11.6. The Kier molecular flexibility index (Phi) is 7.59. The molecule has 0 fully saturated rings. The van der Waals surface area contributed by atoms with E-state index < -0.39 is 0 Å². The van der Waals surface area contributed by atoms with Crippen molar-refractivity contribution in [1.29, 1.82) is 0 Å². The van der Waals surface area contributed by atoms with Crippen LogP contribution in [0, 0.1) is 5.82 Å². The molecule has 0 aliphatic carbocycles. The van der Waals surface area contributed by atoms with Crippen molar-refractivity contribution in [3.05, 3.63) is 48.3 Å². The third-order valence-electron chi connectivity index (χ3n) is 4.36. The number of amides is 1. The largest absolute Gasteiger partial charge is 0.494 e. The molecule has 3 rings (SSSR count). The summed E-state index contributed by atoms with van der Waals surface area (Å²) in [6.07, 6.45) is 0.784. The first kappa shape index (κ1) is 22.0. The lowest BCUT2D eigenvalue weighted by Gasteiger charge is -2.21. The molecular weight excluding hydrogens is 405 g/mol. The summed E-state index contributed by atoms with van der Waals surface area (Å²) >= 11 is 1.30. The Bertz CT molecular complexity index is 975. The van der Waals surface area contributed by atoms with Crippen LogP contribution in [0.3, 0.4) is 0 Å². The van der Waals surface area contributed by atoms with E-state index in [-0.39, 0.29) is 18.3 Å². The minimum Gasteiger partial charge on any atom is -0.494 e. The molecule has 0 aliphatic heterocycles. The van der Waals surface area contributed by atoms with Crippen molar-refractivity contribution in [3.63, 3.8) is 0 Å². The number of anilines is 1. The zero-order valence-electron chi connectivity index (χ0n) is 17.4. The van der Waals surface area contributed by atoms with Gasteiger partial charge in [-0.2, -0.15) is 0 Å². The van der Waals surface area contributed by atoms with Crippen molar-refractivity contribution in [3.8, 4) is 11.5 Å². The first-order chi connectivity index (χ1) is 14.5. The molecular formula is C22H26FN3O3S. The monoisotopic (exact) mass is 431 g/mol. The van der Waals surface area contributed by atoms with Crippen molar-refractivity contribution in [2.24, 2.45) is 0 Å². The molecule has 0 spiro atoms. The quantitative estimate of drug-likeness (QED) is 0.482. The zero-order valence-corrected chi connectivity index (χ0v) is 18.2. The van der Waals surface area contributed by atoms with Crippen molar-refractivity contribution in [2.45, 2.75) is 13.3 Å². The highest BCUT2D eigenvalue weighted by atomic mass is 32.1. The number of carbonyl (C=O) groups excluding carboxylic acids is 1. The van der Waals surface area contributed by atoms with Gasteiger partial charge in [-0.3, -0.25) is 9.69 Å². The lowest BCUT2D eigenvalue weighted by atomic mass is 10.3. The van der Waals surface area contributed by atoms with Crippen LogP contribution in [0.2, 0.25) is 0 Å². The average molecular weight is 432 g/mol. The van der Waals surface area contributed by atoms with Gasteiger partial charge in [-0.05, 0) is 76.4 Å². The number of benzene rings is 2. The van der Waals surface area contributed by atoms with E-state index in [4.69, 9.17) is 9.47 Å². The van der Waals surface area contributed by atoms with Crippen molar-refractivity contribution >= 4 is 32.6 Å². The number of hydrogen-bond donors (Lipinski definition) is 0. The molecule has 1 amide bonds. The Labute approximate surface area is 179 Å². The molecule has 0 atom stereocenters. The number of aromatic nitrogens is 1. The van der Waals surface area contributed by atoms with E-state index in [1.165, 1.54) is 23.5 Å². The van der Waals surface area contributed by atoms with Gasteiger partial charge < -0.3 is 14.4 Å². The molecule has 6 nitrogen and oxygen atoms in total. The van der Waals surface area contributed by atoms with E-state index in [1.54, 1.807) is 35.2 Å². The summed E-state index contributed by atoms with van der Waals surface area (Å²) < 4.78 is 25.4. The van der Waals surface area contributed by atoms with Gasteiger partial charge in [0.2, 0.25) is 0 Å². The van der Waals surface area contributed by atoms with Gasteiger partial charge in [0, 0.05) is 6.54 Å². The second-order valence-electron chi connectivity index (χ2n) is 7.00. The molecule has 30 heavy (non-hydrogen) atoms. The Morgan fingerprint density at radius 1 is 1.07 bits per heavy atom. The van der Waals surface area contributed by atoms with Crippen LogP contribution >= 0.6 is 11.3 Å². The number of thiazole rings is 1. The van der Waals surface area contributed by atoms with Gasteiger partial charge in [-0.15, -0.1) is 0 Å². The van der Waals surface area contributed by atoms with Crippen molar-refractivity contribution in [1.82, 2.24) is 9.88 Å². The number of halogens is 1. The Hall–Kier alpha value is -2.71. The molecule has 160 valence electrons. The van der Waals surface area contributed by atoms with Crippen LogP contribution in [-0.4, -0.2) is 56.2 Å². The van der Waals surface area contributed by atoms with Crippen LogP contribution in [0.1, 0.15) is 13.3 Å².